The molecule has 9 nitrogen and oxygen atoms in total. The first-order valence-corrected chi connectivity index (χ1v) is 11.9. The molecule has 0 spiro atoms. The van der Waals surface area contributed by atoms with Gasteiger partial charge in [0.05, 0.1) is 29.2 Å². The van der Waals surface area contributed by atoms with E-state index in [9.17, 15) is 22.4 Å². The lowest BCUT2D eigenvalue weighted by Crippen LogP contribution is -2.39. The van der Waals surface area contributed by atoms with Gasteiger partial charge in [0.15, 0.2) is 0 Å². The van der Waals surface area contributed by atoms with E-state index in [1.165, 1.54) is 44.4 Å². The Morgan fingerprint density at radius 2 is 1.61 bits per heavy atom. The lowest BCUT2D eigenvalue weighted by Gasteiger charge is -2.30. The number of rotatable bonds is 8. The minimum absolute atomic E-state index is 0.00233. The van der Waals surface area contributed by atoms with E-state index >= 15 is 0 Å². The Kier molecular flexibility index (Phi) is 8.01. The van der Waals surface area contributed by atoms with Crippen molar-refractivity contribution in [2.75, 3.05) is 58.4 Å². The second-order valence-electron chi connectivity index (χ2n) is 7.56. The molecular weight excluding hydrogens is 451 g/mol. The zero-order valence-electron chi connectivity index (χ0n) is 18.5. The first kappa shape index (κ1) is 24.6. The first-order chi connectivity index (χ1) is 15.7. The maximum atomic E-state index is 13.7. The highest BCUT2D eigenvalue weighted by Gasteiger charge is 2.24. The highest BCUT2D eigenvalue weighted by Crippen LogP contribution is 2.26. The minimum Gasteiger partial charge on any atom is -0.378 e. The minimum atomic E-state index is -3.73. The fraction of sp³-hybridized carbons (Fsp3) is 0.364. The SMILES string of the molecule is CN(C)S(=O)(=O)c1ccc(N2CCOCC2)c(C(=O)NCCNC(=O)c2ccccc2F)c1. The maximum absolute atomic E-state index is 13.7. The molecule has 0 radical (unpaired) electrons. The van der Waals surface area contributed by atoms with Crippen molar-refractivity contribution in [3.63, 3.8) is 0 Å². The van der Waals surface area contributed by atoms with E-state index in [0.717, 1.165) is 4.31 Å². The van der Waals surface area contributed by atoms with Crippen LogP contribution in [-0.4, -0.2) is 78.0 Å². The van der Waals surface area contributed by atoms with Crippen molar-refractivity contribution >= 4 is 27.5 Å². The summed E-state index contributed by atoms with van der Waals surface area (Å²) >= 11 is 0. The van der Waals surface area contributed by atoms with Gasteiger partial charge >= 0.3 is 0 Å². The van der Waals surface area contributed by atoms with E-state index in [-0.39, 0.29) is 29.1 Å². The fourth-order valence-corrected chi connectivity index (χ4v) is 4.26. The van der Waals surface area contributed by atoms with Crippen LogP contribution in [0.25, 0.3) is 0 Å². The van der Waals surface area contributed by atoms with Crippen molar-refractivity contribution in [3.05, 3.63) is 59.4 Å². The quantitative estimate of drug-likeness (QED) is 0.550. The predicted octanol–water partition coefficient (Wildman–Crippen LogP) is 1.07. The van der Waals surface area contributed by atoms with Crippen LogP contribution >= 0.6 is 0 Å². The number of halogens is 1. The molecule has 33 heavy (non-hydrogen) atoms. The van der Waals surface area contributed by atoms with Gasteiger partial charge in [-0.25, -0.2) is 17.1 Å². The third-order valence-electron chi connectivity index (χ3n) is 5.16. The zero-order chi connectivity index (χ0) is 24.0. The van der Waals surface area contributed by atoms with Gasteiger partial charge in [-0.2, -0.15) is 0 Å². The van der Waals surface area contributed by atoms with Crippen LogP contribution in [-0.2, 0) is 14.8 Å². The molecule has 0 unspecified atom stereocenters. The summed E-state index contributed by atoms with van der Waals surface area (Å²) in [5, 5.41) is 5.25. The highest BCUT2D eigenvalue weighted by molar-refractivity contribution is 7.89. The molecule has 1 aliphatic heterocycles. The summed E-state index contributed by atoms with van der Waals surface area (Å²) in [6.07, 6.45) is 0. The molecular formula is C22H27FN4O5S. The van der Waals surface area contributed by atoms with Crippen molar-refractivity contribution in [3.8, 4) is 0 Å². The standard InChI is InChI=1S/C22H27FN4O5S/c1-26(2)33(30,31)16-7-8-20(27-11-13-32-14-12-27)18(15-16)22(29)25-10-9-24-21(28)17-5-3-4-6-19(17)23/h3-8,15H,9-14H2,1-2H3,(H,24,28)(H,25,29). The molecule has 2 N–H and O–H groups in total. The lowest BCUT2D eigenvalue weighted by atomic mass is 10.1. The number of sulfonamides is 1. The molecule has 1 aliphatic rings. The number of nitrogens with one attached hydrogen (secondary N) is 2. The summed E-state index contributed by atoms with van der Waals surface area (Å²) in [6, 6.07) is 10.1. The van der Waals surface area contributed by atoms with Gasteiger partial charge in [-0.3, -0.25) is 9.59 Å². The van der Waals surface area contributed by atoms with Crippen LogP contribution in [0.2, 0.25) is 0 Å². The van der Waals surface area contributed by atoms with E-state index < -0.39 is 27.7 Å². The molecule has 1 saturated heterocycles. The molecule has 0 aliphatic carbocycles. The van der Waals surface area contributed by atoms with Gasteiger partial charge in [-0.1, -0.05) is 12.1 Å². The lowest BCUT2D eigenvalue weighted by molar-refractivity contribution is 0.0925. The molecule has 178 valence electrons. The molecule has 3 rings (SSSR count). The van der Waals surface area contributed by atoms with Crippen LogP contribution < -0.4 is 15.5 Å². The van der Waals surface area contributed by atoms with Gasteiger partial charge in [0, 0.05) is 46.0 Å². The van der Waals surface area contributed by atoms with E-state index in [1.807, 2.05) is 4.90 Å². The number of anilines is 1. The van der Waals surface area contributed by atoms with E-state index in [2.05, 4.69) is 10.6 Å². The topological polar surface area (TPSA) is 108 Å². The normalized spacial score (nSPS) is 14.2. The van der Waals surface area contributed by atoms with Crippen LogP contribution in [0, 0.1) is 5.82 Å². The van der Waals surface area contributed by atoms with Gasteiger partial charge < -0.3 is 20.3 Å². The second kappa shape index (κ2) is 10.7. The van der Waals surface area contributed by atoms with Gasteiger partial charge in [0.1, 0.15) is 5.82 Å². The van der Waals surface area contributed by atoms with Crippen LogP contribution in [0.1, 0.15) is 20.7 Å². The van der Waals surface area contributed by atoms with Crippen LogP contribution in [0.15, 0.2) is 47.4 Å². The molecule has 0 atom stereocenters. The van der Waals surface area contributed by atoms with Crippen molar-refractivity contribution < 1.29 is 27.1 Å². The summed E-state index contributed by atoms with van der Waals surface area (Å²) in [7, 11) is -0.894. The maximum Gasteiger partial charge on any atom is 0.254 e. The van der Waals surface area contributed by atoms with Crippen molar-refractivity contribution in [1.29, 1.82) is 0 Å². The molecule has 2 aromatic rings. The molecule has 0 saturated carbocycles. The number of ether oxygens (including phenoxy) is 1. The van der Waals surface area contributed by atoms with Gasteiger partial charge in [-0.15, -0.1) is 0 Å². The van der Waals surface area contributed by atoms with Crippen molar-refractivity contribution in [2.24, 2.45) is 0 Å². The smallest absolute Gasteiger partial charge is 0.254 e. The van der Waals surface area contributed by atoms with E-state index in [4.69, 9.17) is 4.74 Å². The molecule has 11 heteroatoms. The van der Waals surface area contributed by atoms with Crippen LogP contribution in [0.3, 0.4) is 0 Å². The Morgan fingerprint density at radius 3 is 2.21 bits per heavy atom. The Balaban J connectivity index is 1.72. The summed E-state index contributed by atoms with van der Waals surface area (Å²) in [5.41, 5.74) is 0.726. The number of nitrogens with zero attached hydrogens (tertiary/aromatic N) is 2. The molecule has 1 fully saturated rings. The number of benzene rings is 2. The fourth-order valence-electron chi connectivity index (χ4n) is 3.34. The number of carbonyl (C=O) groups is 2. The number of amides is 2. The van der Waals surface area contributed by atoms with E-state index in [1.54, 1.807) is 12.1 Å². The molecule has 0 bridgehead atoms. The van der Waals surface area contributed by atoms with Crippen molar-refractivity contribution in [2.45, 2.75) is 4.90 Å². The Bertz CT molecular complexity index is 1120. The third-order valence-corrected chi connectivity index (χ3v) is 6.97. The largest absolute Gasteiger partial charge is 0.378 e. The van der Waals surface area contributed by atoms with Crippen LogP contribution in [0.4, 0.5) is 10.1 Å². The summed E-state index contributed by atoms with van der Waals surface area (Å²) in [4.78, 5) is 27.0. The third kappa shape index (κ3) is 5.86. The number of hydrogen-bond acceptors (Lipinski definition) is 6. The molecule has 0 aromatic heterocycles. The number of morpholine rings is 1. The molecule has 2 aromatic carbocycles. The van der Waals surface area contributed by atoms with Gasteiger partial charge in [0.25, 0.3) is 11.8 Å². The summed E-state index contributed by atoms with van der Waals surface area (Å²) in [5.74, 6) is -1.70. The number of hydrogen-bond donors (Lipinski definition) is 2. The number of carbonyl (C=O) groups excluding carboxylic acids is 2. The first-order valence-electron chi connectivity index (χ1n) is 10.4. The highest BCUT2D eigenvalue weighted by atomic mass is 32.2. The van der Waals surface area contributed by atoms with Gasteiger partial charge in [-0.05, 0) is 30.3 Å². The summed E-state index contributed by atoms with van der Waals surface area (Å²) in [6.45, 7) is 2.28. The zero-order valence-corrected chi connectivity index (χ0v) is 19.3. The van der Waals surface area contributed by atoms with Crippen LogP contribution in [0.5, 0.6) is 0 Å². The molecule has 1 heterocycles. The van der Waals surface area contributed by atoms with Crippen molar-refractivity contribution in [1.82, 2.24) is 14.9 Å². The predicted molar refractivity (Wildman–Crippen MR) is 121 cm³/mol. The molecule has 2 amide bonds. The monoisotopic (exact) mass is 478 g/mol. The average molecular weight is 479 g/mol. The Morgan fingerprint density at radius 1 is 1.00 bits per heavy atom. The summed E-state index contributed by atoms with van der Waals surface area (Å²) < 4.78 is 45.3. The second-order valence-corrected chi connectivity index (χ2v) is 9.71. The van der Waals surface area contributed by atoms with Gasteiger partial charge in [0.2, 0.25) is 10.0 Å². The van der Waals surface area contributed by atoms with E-state index in [0.29, 0.717) is 32.0 Å². The Hall–Kier alpha value is -3.02. The average Bonchev–Trinajstić information content (AvgIpc) is 2.82. The Labute approximate surface area is 192 Å².